The molecule has 0 radical (unpaired) electrons. The van der Waals surface area contributed by atoms with Crippen molar-refractivity contribution >= 4 is 57.9 Å². The molecule has 2 aliphatic carbocycles. The molecule has 316 valence electrons. The van der Waals surface area contributed by atoms with Crippen LogP contribution in [-0.2, 0) is 22.4 Å². The van der Waals surface area contributed by atoms with Gasteiger partial charge in [-0.3, -0.25) is 19.2 Å². The van der Waals surface area contributed by atoms with Gasteiger partial charge in [0.25, 0.3) is 17.7 Å². The molecule has 2 N–H and O–H groups in total. The summed E-state index contributed by atoms with van der Waals surface area (Å²) in [4.78, 5) is 57.0. The molecule has 0 spiro atoms. The number of carbonyl (C=O) groups excluding carboxylic acids is 4. The molecular formula is C49H57ClN4O4S2. The number of amides is 4. The molecule has 60 heavy (non-hydrogen) atoms. The average Bonchev–Trinajstić information content (AvgIpc) is 3.93. The van der Waals surface area contributed by atoms with Crippen molar-refractivity contribution in [1.29, 1.82) is 0 Å². The number of nitrogens with one attached hydrogen (secondary N) is 2. The van der Waals surface area contributed by atoms with E-state index in [0.717, 1.165) is 88.2 Å². The van der Waals surface area contributed by atoms with Crippen molar-refractivity contribution < 1.29 is 19.2 Å². The Labute approximate surface area is 368 Å². The van der Waals surface area contributed by atoms with Crippen LogP contribution in [0.2, 0.25) is 0 Å². The Kier molecular flexibility index (Phi) is 14.9. The lowest BCUT2D eigenvalue weighted by Gasteiger charge is -2.42. The van der Waals surface area contributed by atoms with Crippen molar-refractivity contribution in [1.82, 2.24) is 20.4 Å². The number of nitrogens with zero attached hydrogens (tertiary/aromatic N) is 2. The number of terminal acetylenes is 1. The van der Waals surface area contributed by atoms with Crippen molar-refractivity contribution in [2.45, 2.75) is 140 Å². The van der Waals surface area contributed by atoms with E-state index in [-0.39, 0.29) is 53.7 Å². The zero-order valence-electron chi connectivity index (χ0n) is 34.8. The summed E-state index contributed by atoms with van der Waals surface area (Å²) in [6, 6.07) is 20.4. The Bertz CT molecular complexity index is 2150. The third kappa shape index (κ3) is 9.70. The molecule has 8 nitrogen and oxygen atoms in total. The summed E-state index contributed by atoms with van der Waals surface area (Å²) in [5, 5.41) is 10.4. The quantitative estimate of drug-likeness (QED) is 0.103. The van der Waals surface area contributed by atoms with E-state index in [9.17, 15) is 19.2 Å². The van der Waals surface area contributed by atoms with Gasteiger partial charge in [-0.1, -0.05) is 63.8 Å². The summed E-state index contributed by atoms with van der Waals surface area (Å²) in [6.45, 7) is 4.34. The number of unbranched alkanes of at least 4 members (excludes halogenated alkanes) is 2. The highest BCUT2D eigenvalue weighted by atomic mass is 35.5. The molecule has 4 heterocycles. The van der Waals surface area contributed by atoms with Crippen LogP contribution in [-0.4, -0.2) is 63.5 Å². The summed E-state index contributed by atoms with van der Waals surface area (Å²) >= 11 is 9.40. The van der Waals surface area contributed by atoms with Gasteiger partial charge < -0.3 is 20.4 Å². The van der Waals surface area contributed by atoms with Gasteiger partial charge >= 0.3 is 0 Å². The summed E-state index contributed by atoms with van der Waals surface area (Å²) in [5.74, 6) is 2.03. The minimum atomic E-state index is -0.257. The molecule has 2 aromatic carbocycles. The molecule has 0 saturated heterocycles. The van der Waals surface area contributed by atoms with E-state index >= 15 is 0 Å². The van der Waals surface area contributed by atoms with Gasteiger partial charge in [0.05, 0.1) is 12.1 Å². The summed E-state index contributed by atoms with van der Waals surface area (Å²) in [7, 11) is 0. The molecule has 4 aliphatic rings. The standard InChI is InChI=1S/C25H28N2O2S.C24H29ClN2O2S/c1-3-5-9-21-16-19-14-15-30-24(19)23(27(21)22(28)4-2)17-10-12-18(13-11-17)25(29)26-20-7-6-8-20;1-2-3-7-20-14-18-12-13-30-23(18)22(27(20)21(28)15-25)16-8-10-17(11-9-16)24(29)26-19-5-4-6-19/h2,10-15,20-21,23H,3,5-9,16H2,1H3,(H,26,29);8-13,19-20,22H,2-7,14-15H2,1H3,(H,26,29)/t21-,23-;20-,22-/m00/s1. The van der Waals surface area contributed by atoms with Crippen molar-refractivity contribution in [3.63, 3.8) is 0 Å². The van der Waals surface area contributed by atoms with E-state index in [1.54, 1.807) is 22.7 Å². The van der Waals surface area contributed by atoms with Gasteiger partial charge in [0.15, 0.2) is 0 Å². The highest BCUT2D eigenvalue weighted by Crippen LogP contribution is 2.44. The maximum absolute atomic E-state index is 12.9. The van der Waals surface area contributed by atoms with Crippen LogP contribution < -0.4 is 10.6 Å². The van der Waals surface area contributed by atoms with E-state index in [0.29, 0.717) is 23.2 Å². The number of hydrogen-bond acceptors (Lipinski definition) is 6. The van der Waals surface area contributed by atoms with Crippen LogP contribution in [0.15, 0.2) is 71.4 Å². The second-order valence-electron chi connectivity index (χ2n) is 16.7. The Morgan fingerprint density at radius 1 is 0.683 bits per heavy atom. The molecule has 2 aromatic heterocycles. The van der Waals surface area contributed by atoms with Crippen LogP contribution in [0.25, 0.3) is 0 Å². The third-order valence-electron chi connectivity index (χ3n) is 12.7. The Balaban J connectivity index is 0.000000181. The fourth-order valence-corrected chi connectivity index (χ4v) is 11.2. The predicted octanol–water partition coefficient (Wildman–Crippen LogP) is 10.00. The van der Waals surface area contributed by atoms with Crippen LogP contribution in [0.1, 0.15) is 156 Å². The molecule has 11 heteroatoms. The zero-order valence-corrected chi connectivity index (χ0v) is 37.2. The van der Waals surface area contributed by atoms with E-state index < -0.39 is 0 Å². The van der Waals surface area contributed by atoms with Crippen molar-refractivity contribution in [2.75, 3.05) is 5.88 Å². The Morgan fingerprint density at radius 3 is 1.50 bits per heavy atom. The number of alkyl halides is 1. The number of rotatable bonds is 13. The number of benzene rings is 2. The van der Waals surface area contributed by atoms with Crippen LogP contribution in [0.3, 0.4) is 0 Å². The first-order valence-corrected chi connectivity index (χ1v) is 24.1. The summed E-state index contributed by atoms with van der Waals surface area (Å²) in [6.07, 6.45) is 20.2. The second-order valence-corrected chi connectivity index (χ2v) is 18.8. The molecule has 8 rings (SSSR count). The van der Waals surface area contributed by atoms with E-state index in [1.807, 2.05) is 58.3 Å². The molecule has 0 unspecified atom stereocenters. The van der Waals surface area contributed by atoms with Crippen LogP contribution in [0.5, 0.6) is 0 Å². The summed E-state index contributed by atoms with van der Waals surface area (Å²) < 4.78 is 0. The first kappa shape index (κ1) is 43.7. The van der Waals surface area contributed by atoms with Crippen molar-refractivity contribution in [3.8, 4) is 12.3 Å². The maximum Gasteiger partial charge on any atom is 0.299 e. The SMILES string of the molecule is C#CC(=O)N1[C@@H](CCCC)Cc2ccsc2[C@@H]1c1ccc(C(=O)NC2CCC2)cc1.CCCC[C@H]1Cc2ccsc2[C@H](c2ccc(C(=O)NC3CCC3)cc2)N1C(=O)CCl. The second kappa shape index (κ2) is 20.4. The molecule has 2 fully saturated rings. The van der Waals surface area contributed by atoms with Crippen LogP contribution >= 0.6 is 34.3 Å². The van der Waals surface area contributed by atoms with Crippen molar-refractivity contribution in [3.05, 3.63) is 115 Å². The molecule has 4 atom stereocenters. The largest absolute Gasteiger partial charge is 0.349 e. The highest BCUT2D eigenvalue weighted by Gasteiger charge is 2.40. The van der Waals surface area contributed by atoms with Gasteiger partial charge in [-0.15, -0.1) is 40.7 Å². The first-order chi connectivity index (χ1) is 29.2. The molecular weight excluding hydrogens is 808 g/mol. The fourth-order valence-electron chi connectivity index (χ4n) is 8.93. The molecule has 4 amide bonds. The smallest absolute Gasteiger partial charge is 0.299 e. The molecule has 4 aromatic rings. The molecule has 2 aliphatic heterocycles. The minimum absolute atomic E-state index is 0.0122. The first-order valence-electron chi connectivity index (χ1n) is 21.8. The zero-order chi connectivity index (χ0) is 42.2. The lowest BCUT2D eigenvalue weighted by molar-refractivity contribution is -0.133. The highest BCUT2D eigenvalue weighted by molar-refractivity contribution is 7.10. The molecule has 2 saturated carbocycles. The fraction of sp³-hybridized carbons (Fsp3) is 0.469. The lowest BCUT2D eigenvalue weighted by atomic mass is 9.88. The van der Waals surface area contributed by atoms with Gasteiger partial charge in [-0.2, -0.15) is 0 Å². The number of hydrogen-bond donors (Lipinski definition) is 2. The minimum Gasteiger partial charge on any atom is -0.349 e. The van der Waals surface area contributed by atoms with E-state index in [2.05, 4.69) is 53.3 Å². The lowest BCUT2D eigenvalue weighted by Crippen LogP contribution is -2.47. The normalized spacial score (nSPS) is 20.9. The third-order valence-corrected chi connectivity index (χ3v) is 15.0. The van der Waals surface area contributed by atoms with Crippen LogP contribution in [0, 0.1) is 12.3 Å². The van der Waals surface area contributed by atoms with Gasteiger partial charge in [0.2, 0.25) is 5.91 Å². The van der Waals surface area contributed by atoms with Crippen LogP contribution in [0.4, 0.5) is 0 Å². The Morgan fingerprint density at radius 2 is 1.12 bits per heavy atom. The Hall–Kier alpha value is -4.43. The molecule has 0 bridgehead atoms. The number of fused-ring (bicyclic) bond motifs is 2. The van der Waals surface area contributed by atoms with Gasteiger partial charge in [-0.25, -0.2) is 0 Å². The number of thiophene rings is 2. The van der Waals surface area contributed by atoms with E-state index in [1.165, 1.54) is 33.7 Å². The number of carbonyl (C=O) groups is 4. The van der Waals surface area contributed by atoms with Gasteiger partial charge in [0.1, 0.15) is 5.88 Å². The summed E-state index contributed by atoms with van der Waals surface area (Å²) in [5.41, 5.74) is 6.01. The van der Waals surface area contributed by atoms with Crippen molar-refractivity contribution in [2.24, 2.45) is 0 Å². The topological polar surface area (TPSA) is 98.8 Å². The van der Waals surface area contributed by atoms with Gasteiger partial charge in [-0.05, 0) is 140 Å². The maximum atomic E-state index is 12.9. The number of halogens is 1. The van der Waals surface area contributed by atoms with E-state index in [4.69, 9.17) is 18.0 Å². The monoisotopic (exact) mass is 864 g/mol. The average molecular weight is 866 g/mol. The predicted molar refractivity (Wildman–Crippen MR) is 243 cm³/mol. The van der Waals surface area contributed by atoms with Gasteiger partial charge in [0, 0.05) is 45.0 Å².